The third-order valence-corrected chi connectivity index (χ3v) is 3.53. The monoisotopic (exact) mass is 284 g/mol. The predicted octanol–water partition coefficient (Wildman–Crippen LogP) is 2.38. The Labute approximate surface area is 124 Å². The summed E-state index contributed by atoms with van der Waals surface area (Å²) in [6, 6.07) is 0. The van der Waals surface area contributed by atoms with Gasteiger partial charge < -0.3 is 9.64 Å². The van der Waals surface area contributed by atoms with Crippen molar-refractivity contribution in [2.24, 2.45) is 5.41 Å². The number of carbonyl (C=O) groups is 1. The number of hydrogen-bond donors (Lipinski definition) is 0. The highest BCUT2D eigenvalue weighted by Crippen LogP contribution is 2.19. The van der Waals surface area contributed by atoms with Gasteiger partial charge >= 0.3 is 0 Å². The maximum atomic E-state index is 12.1. The van der Waals surface area contributed by atoms with Gasteiger partial charge in [0.1, 0.15) is 6.61 Å². The van der Waals surface area contributed by atoms with Crippen molar-refractivity contribution in [2.45, 2.75) is 53.6 Å². The fraction of sp³-hybridized carbons (Fsp3) is 0.938. The van der Waals surface area contributed by atoms with Gasteiger partial charge in [-0.25, -0.2) is 0 Å². The van der Waals surface area contributed by atoms with Crippen molar-refractivity contribution in [1.29, 1.82) is 0 Å². The number of piperazine rings is 1. The molecule has 1 saturated heterocycles. The number of ether oxygens (including phenoxy) is 1. The molecule has 1 aliphatic heterocycles. The summed E-state index contributed by atoms with van der Waals surface area (Å²) < 4.78 is 5.56. The Morgan fingerprint density at radius 2 is 1.55 bits per heavy atom. The largest absolute Gasteiger partial charge is 0.366 e. The molecule has 1 fully saturated rings. The van der Waals surface area contributed by atoms with Crippen LogP contribution in [-0.2, 0) is 9.53 Å². The van der Waals surface area contributed by atoms with Gasteiger partial charge in [0.05, 0.1) is 5.60 Å². The summed E-state index contributed by atoms with van der Waals surface area (Å²) in [4.78, 5) is 16.4. The predicted molar refractivity (Wildman–Crippen MR) is 82.8 cm³/mol. The molecule has 0 radical (unpaired) electrons. The van der Waals surface area contributed by atoms with E-state index >= 15 is 0 Å². The molecule has 0 aromatic heterocycles. The zero-order valence-electron chi connectivity index (χ0n) is 14.2. The molecule has 1 amide bonds. The second kappa shape index (κ2) is 6.90. The molecular formula is C16H32N2O2. The Bertz CT molecular complexity index is 307. The minimum Gasteiger partial charge on any atom is -0.366 e. The topological polar surface area (TPSA) is 32.8 Å². The first kappa shape index (κ1) is 17.4. The number of carbonyl (C=O) groups excluding carboxylic acids is 1. The van der Waals surface area contributed by atoms with E-state index in [9.17, 15) is 4.79 Å². The van der Waals surface area contributed by atoms with E-state index in [1.54, 1.807) is 0 Å². The molecule has 0 bridgehead atoms. The molecule has 0 spiro atoms. The Morgan fingerprint density at radius 3 is 2.00 bits per heavy atom. The van der Waals surface area contributed by atoms with Gasteiger partial charge in [-0.15, -0.1) is 0 Å². The molecule has 0 saturated carbocycles. The van der Waals surface area contributed by atoms with Gasteiger partial charge in [0.25, 0.3) is 0 Å². The van der Waals surface area contributed by atoms with Crippen molar-refractivity contribution >= 4 is 5.91 Å². The lowest BCUT2D eigenvalue weighted by Crippen LogP contribution is -2.50. The molecule has 1 rings (SSSR count). The summed E-state index contributed by atoms with van der Waals surface area (Å²) in [7, 11) is 0. The van der Waals surface area contributed by atoms with E-state index in [-0.39, 0.29) is 18.1 Å². The van der Waals surface area contributed by atoms with E-state index in [0.717, 1.165) is 32.7 Å². The third kappa shape index (κ3) is 7.25. The van der Waals surface area contributed by atoms with Crippen LogP contribution in [0.2, 0.25) is 0 Å². The first-order chi connectivity index (χ1) is 9.07. The van der Waals surface area contributed by atoms with Gasteiger partial charge in [0, 0.05) is 26.2 Å². The van der Waals surface area contributed by atoms with Gasteiger partial charge in [-0.2, -0.15) is 0 Å². The highest BCUT2D eigenvalue weighted by molar-refractivity contribution is 5.77. The molecule has 1 aliphatic rings. The van der Waals surface area contributed by atoms with E-state index in [2.05, 4.69) is 25.7 Å². The molecular weight excluding hydrogens is 252 g/mol. The first-order valence-electron chi connectivity index (χ1n) is 7.71. The molecule has 0 aliphatic carbocycles. The van der Waals surface area contributed by atoms with Gasteiger partial charge in [-0.1, -0.05) is 20.8 Å². The van der Waals surface area contributed by atoms with Crippen molar-refractivity contribution < 1.29 is 9.53 Å². The van der Waals surface area contributed by atoms with E-state index in [4.69, 9.17) is 4.74 Å². The number of rotatable bonds is 4. The van der Waals surface area contributed by atoms with Gasteiger partial charge in [-0.3, -0.25) is 9.69 Å². The molecule has 0 unspecified atom stereocenters. The molecule has 20 heavy (non-hydrogen) atoms. The Balaban J connectivity index is 2.26. The highest BCUT2D eigenvalue weighted by atomic mass is 16.5. The SMILES string of the molecule is CC(C)(C)CCN1CCN(C(=O)COC(C)(C)C)CC1. The van der Waals surface area contributed by atoms with E-state index < -0.39 is 0 Å². The zero-order valence-corrected chi connectivity index (χ0v) is 14.2. The standard InChI is InChI=1S/C16H32N2O2/c1-15(2,3)7-8-17-9-11-18(12-10-17)14(19)13-20-16(4,5)6/h7-13H2,1-6H3. The van der Waals surface area contributed by atoms with Crippen molar-refractivity contribution in [2.75, 3.05) is 39.3 Å². The van der Waals surface area contributed by atoms with Gasteiger partial charge in [0.15, 0.2) is 0 Å². The van der Waals surface area contributed by atoms with Crippen molar-refractivity contribution in [3.05, 3.63) is 0 Å². The molecule has 0 aromatic rings. The first-order valence-corrected chi connectivity index (χ1v) is 7.71. The van der Waals surface area contributed by atoms with Gasteiger partial charge in [0.2, 0.25) is 5.91 Å². The molecule has 118 valence electrons. The fourth-order valence-electron chi connectivity index (χ4n) is 2.08. The van der Waals surface area contributed by atoms with Crippen molar-refractivity contribution in [1.82, 2.24) is 9.80 Å². The summed E-state index contributed by atoms with van der Waals surface area (Å²) in [6.07, 6.45) is 1.20. The van der Waals surface area contributed by atoms with Crippen LogP contribution in [0.15, 0.2) is 0 Å². The van der Waals surface area contributed by atoms with Crippen molar-refractivity contribution in [3.63, 3.8) is 0 Å². The summed E-state index contributed by atoms with van der Waals surface area (Å²) >= 11 is 0. The minimum absolute atomic E-state index is 0.121. The summed E-state index contributed by atoms with van der Waals surface area (Å²) in [5, 5.41) is 0. The number of amides is 1. The second-order valence-corrected chi connectivity index (χ2v) is 7.93. The average molecular weight is 284 g/mol. The van der Waals surface area contributed by atoms with E-state index in [1.807, 2.05) is 25.7 Å². The second-order valence-electron chi connectivity index (χ2n) is 7.93. The number of hydrogen-bond acceptors (Lipinski definition) is 3. The van der Waals surface area contributed by atoms with Crippen LogP contribution < -0.4 is 0 Å². The average Bonchev–Trinajstić information content (AvgIpc) is 2.32. The maximum absolute atomic E-state index is 12.1. The summed E-state index contributed by atoms with van der Waals surface area (Å²) in [5.41, 5.74) is 0.137. The van der Waals surface area contributed by atoms with Crippen LogP contribution in [0.4, 0.5) is 0 Å². The third-order valence-electron chi connectivity index (χ3n) is 3.53. The lowest BCUT2D eigenvalue weighted by atomic mass is 9.92. The van der Waals surface area contributed by atoms with Gasteiger partial charge in [-0.05, 0) is 39.2 Å². The minimum atomic E-state index is -0.246. The van der Waals surface area contributed by atoms with Crippen LogP contribution in [0, 0.1) is 5.41 Å². The molecule has 1 heterocycles. The molecule has 4 nitrogen and oxygen atoms in total. The Hall–Kier alpha value is -0.610. The van der Waals surface area contributed by atoms with Crippen LogP contribution in [0.1, 0.15) is 48.0 Å². The lowest BCUT2D eigenvalue weighted by molar-refractivity contribution is -0.142. The smallest absolute Gasteiger partial charge is 0.248 e. The van der Waals surface area contributed by atoms with Crippen LogP contribution >= 0.6 is 0 Å². The molecule has 0 atom stereocenters. The van der Waals surface area contributed by atoms with Crippen LogP contribution in [-0.4, -0.2) is 60.6 Å². The van der Waals surface area contributed by atoms with E-state index in [1.165, 1.54) is 6.42 Å². The normalized spacial score (nSPS) is 18.4. The molecule has 0 aromatic carbocycles. The lowest BCUT2D eigenvalue weighted by Gasteiger charge is -2.36. The molecule has 0 N–H and O–H groups in total. The highest BCUT2D eigenvalue weighted by Gasteiger charge is 2.23. The molecule has 4 heteroatoms. The summed E-state index contributed by atoms with van der Waals surface area (Å²) in [5.74, 6) is 0.121. The van der Waals surface area contributed by atoms with Crippen LogP contribution in [0.3, 0.4) is 0 Å². The fourth-order valence-corrected chi connectivity index (χ4v) is 2.08. The maximum Gasteiger partial charge on any atom is 0.248 e. The number of nitrogens with zero attached hydrogens (tertiary/aromatic N) is 2. The van der Waals surface area contributed by atoms with E-state index in [0.29, 0.717) is 5.41 Å². The Morgan fingerprint density at radius 1 is 1.00 bits per heavy atom. The quantitative estimate of drug-likeness (QED) is 0.794. The van der Waals surface area contributed by atoms with Crippen LogP contribution in [0.25, 0.3) is 0 Å². The van der Waals surface area contributed by atoms with Crippen LogP contribution in [0.5, 0.6) is 0 Å². The summed E-state index contributed by atoms with van der Waals surface area (Å²) in [6.45, 7) is 17.7. The van der Waals surface area contributed by atoms with Crippen molar-refractivity contribution in [3.8, 4) is 0 Å². The zero-order chi connectivity index (χ0) is 15.4. The Kier molecular flexibility index (Phi) is 6.02.